The summed E-state index contributed by atoms with van der Waals surface area (Å²) in [5.41, 5.74) is -0.0948. The number of rotatable bonds is 3. The van der Waals surface area contributed by atoms with Crippen molar-refractivity contribution in [3.8, 4) is 0 Å². The molecule has 0 atom stereocenters. The van der Waals surface area contributed by atoms with Crippen LogP contribution < -0.4 is 5.56 Å². The normalized spacial score (nSPS) is 10.5. The van der Waals surface area contributed by atoms with E-state index in [1.807, 2.05) is 0 Å². The lowest BCUT2D eigenvalue weighted by Gasteiger charge is -2.05. The number of ketones is 1. The second kappa shape index (κ2) is 5.86. The van der Waals surface area contributed by atoms with Gasteiger partial charge in [0.25, 0.3) is 5.56 Å². The second-order valence-corrected chi connectivity index (χ2v) is 5.40. The van der Waals surface area contributed by atoms with Gasteiger partial charge in [-0.1, -0.05) is 51.3 Å². The number of hydrogen-bond acceptors (Lipinski definition) is 3. The molecule has 0 amide bonds. The molecule has 19 heavy (non-hydrogen) atoms. The van der Waals surface area contributed by atoms with Crippen molar-refractivity contribution in [2.24, 2.45) is 0 Å². The van der Waals surface area contributed by atoms with Crippen LogP contribution in [0.3, 0.4) is 0 Å². The van der Waals surface area contributed by atoms with E-state index < -0.39 is 5.56 Å². The minimum atomic E-state index is -0.584. The van der Waals surface area contributed by atoms with Crippen LogP contribution >= 0.6 is 39.1 Å². The van der Waals surface area contributed by atoms with E-state index in [9.17, 15) is 9.59 Å². The number of benzene rings is 1. The maximum Gasteiger partial charge on any atom is 0.287 e. The molecular formula is C12H7BrCl2N2O2. The van der Waals surface area contributed by atoms with Crippen LogP contribution in [0.2, 0.25) is 10.0 Å². The first-order valence-electron chi connectivity index (χ1n) is 5.19. The summed E-state index contributed by atoms with van der Waals surface area (Å²) in [6.07, 6.45) is 1.24. The number of Topliss-reactive ketones (excluding diaryl/α,β-unsaturated/α-hetero) is 1. The maximum absolute atomic E-state index is 12.0. The van der Waals surface area contributed by atoms with Crippen LogP contribution in [-0.4, -0.2) is 15.6 Å². The van der Waals surface area contributed by atoms with E-state index >= 15 is 0 Å². The Labute approximate surface area is 127 Å². The zero-order chi connectivity index (χ0) is 14.0. The Bertz CT molecular complexity index is 683. The van der Waals surface area contributed by atoms with Crippen LogP contribution in [0.25, 0.3) is 0 Å². The Kier molecular flexibility index (Phi) is 4.39. The smallest absolute Gasteiger partial charge is 0.287 e. The minimum Gasteiger partial charge on any atom is -0.292 e. The number of nitrogens with zero attached hydrogens (tertiary/aromatic N) is 2. The molecule has 0 fully saturated rings. The van der Waals surface area contributed by atoms with Crippen LogP contribution in [0, 0.1) is 0 Å². The lowest BCUT2D eigenvalue weighted by molar-refractivity contribution is 0.0965. The Morgan fingerprint density at radius 2 is 1.89 bits per heavy atom. The maximum atomic E-state index is 12.0. The molecule has 2 aromatic rings. The van der Waals surface area contributed by atoms with Gasteiger partial charge in [0, 0.05) is 10.0 Å². The van der Waals surface area contributed by atoms with Gasteiger partial charge in [0.2, 0.25) is 0 Å². The Morgan fingerprint density at radius 3 is 2.53 bits per heavy atom. The third-order valence-electron chi connectivity index (χ3n) is 2.40. The predicted octanol–water partition coefficient (Wildman–Crippen LogP) is 3.20. The number of aromatic nitrogens is 2. The van der Waals surface area contributed by atoms with Gasteiger partial charge in [0.15, 0.2) is 5.78 Å². The molecule has 1 aromatic heterocycles. The van der Waals surface area contributed by atoms with Gasteiger partial charge in [-0.25, -0.2) is 4.68 Å². The number of carbonyl (C=O) groups is 1. The van der Waals surface area contributed by atoms with Gasteiger partial charge in [0.05, 0.1) is 11.2 Å². The van der Waals surface area contributed by atoms with Gasteiger partial charge >= 0.3 is 0 Å². The van der Waals surface area contributed by atoms with E-state index in [1.165, 1.54) is 6.20 Å². The highest BCUT2D eigenvalue weighted by molar-refractivity contribution is 9.10. The van der Waals surface area contributed by atoms with E-state index in [0.29, 0.717) is 5.56 Å². The second-order valence-electron chi connectivity index (χ2n) is 3.70. The van der Waals surface area contributed by atoms with E-state index in [2.05, 4.69) is 21.0 Å². The Morgan fingerprint density at radius 1 is 1.26 bits per heavy atom. The van der Waals surface area contributed by atoms with E-state index in [-0.39, 0.29) is 22.4 Å². The topological polar surface area (TPSA) is 52.0 Å². The number of halogens is 3. The van der Waals surface area contributed by atoms with Gasteiger partial charge in [-0.05, 0) is 12.1 Å². The molecule has 0 saturated carbocycles. The van der Waals surface area contributed by atoms with Crippen molar-refractivity contribution in [3.63, 3.8) is 0 Å². The summed E-state index contributed by atoms with van der Waals surface area (Å²) in [7, 11) is 0. The summed E-state index contributed by atoms with van der Waals surface area (Å²) in [5.74, 6) is -0.236. The number of carbonyl (C=O) groups excluding carboxylic acids is 1. The van der Waals surface area contributed by atoms with Crippen molar-refractivity contribution in [3.05, 3.63) is 60.9 Å². The summed E-state index contributed by atoms with van der Waals surface area (Å²) in [6, 6.07) is 6.82. The fourth-order valence-corrected chi connectivity index (χ4v) is 1.96. The molecule has 7 heteroatoms. The van der Waals surface area contributed by atoms with E-state index in [1.54, 1.807) is 24.3 Å². The molecule has 0 aliphatic heterocycles. The Balaban J connectivity index is 2.27. The lowest BCUT2D eigenvalue weighted by Crippen LogP contribution is -2.27. The fourth-order valence-electron chi connectivity index (χ4n) is 1.42. The largest absolute Gasteiger partial charge is 0.292 e. The van der Waals surface area contributed by atoms with Crippen LogP contribution in [0.15, 0.2) is 39.7 Å². The van der Waals surface area contributed by atoms with Crippen LogP contribution in [0.4, 0.5) is 0 Å². The van der Waals surface area contributed by atoms with Crippen LogP contribution in [0.5, 0.6) is 0 Å². The van der Waals surface area contributed by atoms with Crippen LogP contribution in [0.1, 0.15) is 10.4 Å². The van der Waals surface area contributed by atoms with E-state index in [4.69, 9.17) is 23.2 Å². The summed E-state index contributed by atoms with van der Waals surface area (Å²) in [5, 5.41) is 3.71. The van der Waals surface area contributed by atoms with Gasteiger partial charge in [-0.2, -0.15) is 5.10 Å². The van der Waals surface area contributed by atoms with Crippen molar-refractivity contribution in [2.75, 3.05) is 0 Å². The molecule has 1 heterocycles. The first-order chi connectivity index (χ1) is 8.99. The third kappa shape index (κ3) is 3.23. The highest BCUT2D eigenvalue weighted by Gasteiger charge is 2.12. The van der Waals surface area contributed by atoms with Crippen molar-refractivity contribution in [2.45, 2.75) is 6.54 Å². The molecule has 2 rings (SSSR count). The SMILES string of the molecule is O=C(Cn1ncc(Cl)c(Cl)c1=O)c1ccc(Br)cc1. The number of hydrogen-bond donors (Lipinski definition) is 0. The molecule has 0 N–H and O–H groups in total. The average molecular weight is 362 g/mol. The predicted molar refractivity (Wildman–Crippen MR) is 77.0 cm³/mol. The molecule has 4 nitrogen and oxygen atoms in total. The molecule has 0 radical (unpaired) electrons. The molecule has 0 saturated heterocycles. The van der Waals surface area contributed by atoms with Gasteiger partial charge < -0.3 is 0 Å². The van der Waals surface area contributed by atoms with Crippen LogP contribution in [-0.2, 0) is 6.54 Å². The summed E-state index contributed by atoms with van der Waals surface area (Å²) < 4.78 is 1.85. The first-order valence-corrected chi connectivity index (χ1v) is 6.74. The molecular weight excluding hydrogens is 355 g/mol. The van der Waals surface area contributed by atoms with E-state index in [0.717, 1.165) is 9.15 Å². The molecule has 0 aliphatic carbocycles. The highest BCUT2D eigenvalue weighted by Crippen LogP contribution is 2.15. The lowest BCUT2D eigenvalue weighted by atomic mass is 10.1. The minimum absolute atomic E-state index is 0.0685. The quantitative estimate of drug-likeness (QED) is 0.789. The van der Waals surface area contributed by atoms with Gasteiger partial charge in [0.1, 0.15) is 11.6 Å². The first kappa shape index (κ1) is 14.2. The third-order valence-corrected chi connectivity index (χ3v) is 3.68. The molecule has 0 spiro atoms. The standard InChI is InChI=1S/C12H7BrCl2N2O2/c13-8-3-1-7(2-4-8)10(18)6-17-12(19)11(15)9(14)5-16-17/h1-5H,6H2. The molecule has 0 aliphatic rings. The highest BCUT2D eigenvalue weighted by atomic mass is 79.9. The van der Waals surface area contributed by atoms with Crippen molar-refractivity contribution in [1.29, 1.82) is 0 Å². The zero-order valence-electron chi connectivity index (χ0n) is 9.44. The van der Waals surface area contributed by atoms with Crippen molar-refractivity contribution < 1.29 is 4.79 Å². The zero-order valence-corrected chi connectivity index (χ0v) is 12.5. The van der Waals surface area contributed by atoms with Crippen molar-refractivity contribution >= 4 is 44.9 Å². The van der Waals surface area contributed by atoms with Gasteiger partial charge in [-0.3, -0.25) is 9.59 Å². The fraction of sp³-hybridized carbons (Fsp3) is 0.0833. The average Bonchev–Trinajstić information content (AvgIpc) is 2.40. The molecule has 98 valence electrons. The molecule has 0 unspecified atom stereocenters. The monoisotopic (exact) mass is 360 g/mol. The molecule has 0 bridgehead atoms. The van der Waals surface area contributed by atoms with Crippen molar-refractivity contribution in [1.82, 2.24) is 9.78 Å². The summed E-state index contributed by atoms with van der Waals surface area (Å²) in [6.45, 7) is -0.183. The Hall–Kier alpha value is -1.17. The summed E-state index contributed by atoms with van der Waals surface area (Å²) in [4.78, 5) is 23.7. The van der Waals surface area contributed by atoms with Gasteiger partial charge in [-0.15, -0.1) is 0 Å². The summed E-state index contributed by atoms with van der Waals surface area (Å²) >= 11 is 14.6. The molecule has 1 aromatic carbocycles.